The minimum absolute atomic E-state index is 0.724. The molecule has 0 aliphatic heterocycles. The van der Waals surface area contributed by atoms with Crippen LogP contribution in [-0.2, 0) is 0 Å². The minimum Gasteiger partial charge on any atom is -0.369 e. The normalized spacial score (nSPS) is 16.1. The molecule has 2 aromatic rings. The van der Waals surface area contributed by atoms with E-state index in [9.17, 15) is 0 Å². The lowest BCUT2D eigenvalue weighted by atomic mass is 10.1. The molecule has 3 rings (SSSR count). The molecule has 4 nitrogen and oxygen atoms in total. The monoisotopic (exact) mass is 304 g/mol. The molecule has 0 aromatic carbocycles. The van der Waals surface area contributed by atoms with E-state index in [1.165, 1.54) is 17.7 Å². The molecule has 0 bridgehead atoms. The first kappa shape index (κ1) is 14.6. The summed E-state index contributed by atoms with van der Waals surface area (Å²) in [6.45, 7) is 8.52. The average Bonchev–Trinajstić information content (AvgIpc) is 3.24. The molecule has 1 fully saturated rings. The maximum atomic E-state index is 4.68. The van der Waals surface area contributed by atoms with Gasteiger partial charge in [-0.25, -0.2) is 4.98 Å². The number of fused-ring (bicyclic) bond motifs is 1. The van der Waals surface area contributed by atoms with E-state index in [4.69, 9.17) is 0 Å². The Hall–Kier alpha value is -1.36. The van der Waals surface area contributed by atoms with Crippen LogP contribution in [0.5, 0.6) is 0 Å². The van der Waals surface area contributed by atoms with Crippen LogP contribution in [-0.4, -0.2) is 23.1 Å². The van der Waals surface area contributed by atoms with E-state index in [0.717, 1.165) is 53.3 Å². The molecule has 114 valence electrons. The molecule has 0 spiro atoms. The molecule has 2 heterocycles. The van der Waals surface area contributed by atoms with Crippen molar-refractivity contribution in [3.05, 3.63) is 10.9 Å². The second-order valence-corrected chi connectivity index (χ2v) is 7.33. The molecule has 5 heteroatoms. The first-order valence-corrected chi connectivity index (χ1v) is 8.75. The number of aromatic nitrogens is 2. The van der Waals surface area contributed by atoms with Crippen LogP contribution in [0.25, 0.3) is 10.2 Å². The van der Waals surface area contributed by atoms with Gasteiger partial charge in [0.2, 0.25) is 5.95 Å². The van der Waals surface area contributed by atoms with Crippen LogP contribution in [0.1, 0.15) is 38.0 Å². The van der Waals surface area contributed by atoms with Gasteiger partial charge in [-0.1, -0.05) is 13.8 Å². The maximum absolute atomic E-state index is 4.68. The highest BCUT2D eigenvalue weighted by Crippen LogP contribution is 2.37. The number of hydrogen-bond acceptors (Lipinski definition) is 5. The van der Waals surface area contributed by atoms with Gasteiger partial charge in [0.05, 0.1) is 5.39 Å². The summed E-state index contributed by atoms with van der Waals surface area (Å²) in [6, 6.07) is 2.19. The largest absolute Gasteiger partial charge is 0.369 e. The van der Waals surface area contributed by atoms with E-state index in [1.54, 1.807) is 11.3 Å². The zero-order valence-corrected chi connectivity index (χ0v) is 13.9. The fourth-order valence-electron chi connectivity index (χ4n) is 2.58. The summed E-state index contributed by atoms with van der Waals surface area (Å²) in [5, 5.41) is 8.01. The van der Waals surface area contributed by atoms with Crippen molar-refractivity contribution in [2.45, 2.75) is 40.0 Å². The second-order valence-electron chi connectivity index (χ2n) is 6.09. The number of aryl methyl sites for hydroxylation is 1. The fourth-order valence-corrected chi connectivity index (χ4v) is 3.46. The SMILES string of the molecule is CCCNc1nc(NCC(C)C2CC2)c2cc(C)sc2n1. The van der Waals surface area contributed by atoms with Gasteiger partial charge in [0.25, 0.3) is 0 Å². The highest BCUT2D eigenvalue weighted by atomic mass is 32.1. The Kier molecular flexibility index (Phi) is 4.29. The van der Waals surface area contributed by atoms with Gasteiger partial charge in [0.15, 0.2) is 0 Å². The van der Waals surface area contributed by atoms with Gasteiger partial charge in [-0.15, -0.1) is 11.3 Å². The van der Waals surface area contributed by atoms with Crippen LogP contribution < -0.4 is 10.6 Å². The predicted octanol–water partition coefficient (Wildman–Crippen LogP) is 4.28. The van der Waals surface area contributed by atoms with Crippen LogP contribution in [0.2, 0.25) is 0 Å². The standard InChI is InChI=1S/C16H24N4S/c1-4-7-17-16-19-14(18-9-10(2)12-5-6-12)13-8-11(3)21-15(13)20-16/h8,10,12H,4-7,9H2,1-3H3,(H2,17,18,19,20). The first-order chi connectivity index (χ1) is 10.2. The molecular weight excluding hydrogens is 280 g/mol. The highest BCUT2D eigenvalue weighted by Gasteiger charge is 2.27. The summed E-state index contributed by atoms with van der Waals surface area (Å²) in [5.41, 5.74) is 0. The lowest BCUT2D eigenvalue weighted by Crippen LogP contribution is -2.15. The molecule has 1 aliphatic carbocycles. The van der Waals surface area contributed by atoms with Crippen molar-refractivity contribution < 1.29 is 0 Å². The summed E-state index contributed by atoms with van der Waals surface area (Å²) >= 11 is 1.74. The van der Waals surface area contributed by atoms with Crippen molar-refractivity contribution >= 4 is 33.3 Å². The summed E-state index contributed by atoms with van der Waals surface area (Å²) in [6.07, 6.45) is 3.86. The Morgan fingerprint density at radius 3 is 2.86 bits per heavy atom. The van der Waals surface area contributed by atoms with Crippen molar-refractivity contribution in [2.24, 2.45) is 11.8 Å². The van der Waals surface area contributed by atoms with Crippen molar-refractivity contribution in [3.8, 4) is 0 Å². The van der Waals surface area contributed by atoms with Crippen molar-refractivity contribution in [1.82, 2.24) is 9.97 Å². The van der Waals surface area contributed by atoms with Gasteiger partial charge < -0.3 is 10.6 Å². The fraction of sp³-hybridized carbons (Fsp3) is 0.625. The number of thiophene rings is 1. The third-order valence-electron chi connectivity index (χ3n) is 4.07. The number of anilines is 2. The van der Waals surface area contributed by atoms with E-state index < -0.39 is 0 Å². The molecule has 1 atom stereocenters. The van der Waals surface area contributed by atoms with Crippen LogP contribution in [0.15, 0.2) is 6.07 Å². The van der Waals surface area contributed by atoms with Gasteiger partial charge in [-0.3, -0.25) is 0 Å². The Labute approximate surface area is 130 Å². The topological polar surface area (TPSA) is 49.8 Å². The maximum Gasteiger partial charge on any atom is 0.226 e. The third kappa shape index (κ3) is 3.46. The smallest absolute Gasteiger partial charge is 0.226 e. The summed E-state index contributed by atoms with van der Waals surface area (Å²) in [7, 11) is 0. The average molecular weight is 304 g/mol. The van der Waals surface area contributed by atoms with E-state index in [-0.39, 0.29) is 0 Å². The van der Waals surface area contributed by atoms with E-state index in [2.05, 4.69) is 47.4 Å². The lowest BCUT2D eigenvalue weighted by molar-refractivity contribution is 0.536. The van der Waals surface area contributed by atoms with Crippen LogP contribution in [0, 0.1) is 18.8 Å². The molecule has 0 amide bonds. The van der Waals surface area contributed by atoms with Crippen molar-refractivity contribution in [2.75, 3.05) is 23.7 Å². The Morgan fingerprint density at radius 2 is 2.14 bits per heavy atom. The van der Waals surface area contributed by atoms with Crippen molar-refractivity contribution in [3.63, 3.8) is 0 Å². The van der Waals surface area contributed by atoms with Crippen molar-refractivity contribution in [1.29, 1.82) is 0 Å². The van der Waals surface area contributed by atoms with Gasteiger partial charge in [0, 0.05) is 18.0 Å². The number of hydrogen-bond donors (Lipinski definition) is 2. The third-order valence-corrected chi connectivity index (χ3v) is 5.01. The van der Waals surface area contributed by atoms with E-state index >= 15 is 0 Å². The number of nitrogens with one attached hydrogen (secondary N) is 2. The molecule has 1 saturated carbocycles. The second kappa shape index (κ2) is 6.18. The molecule has 2 N–H and O–H groups in total. The Balaban J connectivity index is 1.82. The first-order valence-electron chi connectivity index (χ1n) is 7.93. The van der Waals surface area contributed by atoms with E-state index in [1.807, 2.05) is 0 Å². The molecule has 0 radical (unpaired) electrons. The number of nitrogens with zero attached hydrogens (tertiary/aromatic N) is 2. The van der Waals surface area contributed by atoms with E-state index in [0.29, 0.717) is 0 Å². The Bertz CT molecular complexity index is 618. The Morgan fingerprint density at radius 1 is 1.33 bits per heavy atom. The van der Waals surface area contributed by atoms with Gasteiger partial charge in [0.1, 0.15) is 10.6 Å². The quantitative estimate of drug-likeness (QED) is 0.801. The van der Waals surface area contributed by atoms with Gasteiger partial charge >= 0.3 is 0 Å². The van der Waals surface area contributed by atoms with Crippen LogP contribution in [0.3, 0.4) is 0 Å². The molecule has 2 aromatic heterocycles. The summed E-state index contributed by atoms with van der Waals surface area (Å²) < 4.78 is 0. The predicted molar refractivity (Wildman–Crippen MR) is 91.3 cm³/mol. The summed E-state index contributed by atoms with van der Waals surface area (Å²) in [4.78, 5) is 11.7. The van der Waals surface area contributed by atoms with Gasteiger partial charge in [-0.05, 0) is 44.1 Å². The molecular formula is C16H24N4S. The highest BCUT2D eigenvalue weighted by molar-refractivity contribution is 7.18. The lowest BCUT2D eigenvalue weighted by Gasteiger charge is -2.13. The molecule has 21 heavy (non-hydrogen) atoms. The number of rotatable bonds is 7. The van der Waals surface area contributed by atoms with Crippen LogP contribution in [0.4, 0.5) is 11.8 Å². The zero-order valence-electron chi connectivity index (χ0n) is 13.1. The summed E-state index contributed by atoms with van der Waals surface area (Å²) in [5.74, 6) is 3.36. The molecule has 1 aliphatic rings. The minimum atomic E-state index is 0.724. The van der Waals surface area contributed by atoms with Gasteiger partial charge in [-0.2, -0.15) is 4.98 Å². The molecule has 0 saturated heterocycles. The molecule has 1 unspecified atom stereocenters. The zero-order chi connectivity index (χ0) is 14.8. The van der Waals surface area contributed by atoms with Crippen LogP contribution >= 0.6 is 11.3 Å².